The smallest absolute Gasteiger partial charge is 0.316 e. The molecule has 1 aromatic rings. The van der Waals surface area contributed by atoms with E-state index in [-0.39, 0.29) is 0 Å². The predicted octanol–water partition coefficient (Wildman–Crippen LogP) is 1.67. The van der Waals surface area contributed by atoms with Gasteiger partial charge in [-0.3, -0.25) is 0 Å². The van der Waals surface area contributed by atoms with Gasteiger partial charge in [0.2, 0.25) is 0 Å². The zero-order valence-corrected chi connectivity index (χ0v) is 8.09. The minimum Gasteiger partial charge on any atom is -0.351 e. The van der Waals surface area contributed by atoms with Gasteiger partial charge in [-0.1, -0.05) is 0 Å². The molecule has 0 aliphatic rings. The topological polar surface area (TPSA) is 78.9 Å². The summed E-state index contributed by atoms with van der Waals surface area (Å²) in [7, 11) is 0. The second-order valence-electron chi connectivity index (χ2n) is 3.01. The third-order valence-electron chi connectivity index (χ3n) is 2.17. The van der Waals surface area contributed by atoms with Gasteiger partial charge in [-0.2, -0.15) is 5.26 Å². The highest BCUT2D eigenvalue weighted by molar-refractivity contribution is 5.89. The molecule has 0 bridgehead atoms. The van der Waals surface area contributed by atoms with Crippen LogP contribution in [-0.4, -0.2) is 6.03 Å². The Hall–Kier alpha value is -2.02. The van der Waals surface area contributed by atoms with E-state index in [1.54, 1.807) is 12.1 Å². The summed E-state index contributed by atoms with van der Waals surface area (Å²) in [4.78, 5) is 10.6. The Bertz CT molecular complexity index is 418. The van der Waals surface area contributed by atoms with Crippen LogP contribution in [0.5, 0.6) is 0 Å². The highest BCUT2D eigenvalue weighted by Crippen LogP contribution is 2.21. The van der Waals surface area contributed by atoms with Gasteiger partial charge in [-0.25, -0.2) is 4.79 Å². The monoisotopic (exact) mass is 189 g/mol. The van der Waals surface area contributed by atoms with Crippen LogP contribution < -0.4 is 11.1 Å². The van der Waals surface area contributed by atoms with Gasteiger partial charge in [0.15, 0.2) is 0 Å². The Morgan fingerprint density at radius 1 is 1.43 bits per heavy atom. The van der Waals surface area contributed by atoms with Crippen LogP contribution in [0.25, 0.3) is 0 Å². The van der Waals surface area contributed by atoms with E-state index in [0.29, 0.717) is 11.3 Å². The molecule has 14 heavy (non-hydrogen) atoms. The van der Waals surface area contributed by atoms with Crippen LogP contribution in [0.4, 0.5) is 10.5 Å². The fourth-order valence-corrected chi connectivity index (χ4v) is 1.21. The number of nitriles is 1. The first-order chi connectivity index (χ1) is 6.56. The number of nitrogens with two attached hydrogens (primary N) is 1. The fourth-order valence-electron chi connectivity index (χ4n) is 1.21. The number of amides is 2. The maximum atomic E-state index is 10.6. The molecule has 0 radical (unpaired) electrons. The molecule has 0 aromatic heterocycles. The predicted molar refractivity (Wildman–Crippen MR) is 53.8 cm³/mol. The number of primary amides is 1. The standard InChI is InChI=1S/C10H11N3O/c1-6-7(2)9(13-10(12)14)4-3-8(6)5-11/h3-4H,1-2H3,(H3,12,13,14). The van der Waals surface area contributed by atoms with Crippen LogP contribution in [0, 0.1) is 25.2 Å². The Balaban J connectivity index is 3.18. The van der Waals surface area contributed by atoms with Crippen molar-refractivity contribution in [3.05, 3.63) is 28.8 Å². The van der Waals surface area contributed by atoms with Crippen LogP contribution in [0.15, 0.2) is 12.1 Å². The Labute approximate surface area is 82.3 Å². The third-order valence-corrected chi connectivity index (χ3v) is 2.17. The largest absolute Gasteiger partial charge is 0.351 e. The molecule has 2 amide bonds. The normalized spacial score (nSPS) is 9.21. The van der Waals surface area contributed by atoms with Gasteiger partial charge in [0, 0.05) is 5.69 Å². The zero-order chi connectivity index (χ0) is 10.7. The van der Waals surface area contributed by atoms with E-state index in [9.17, 15) is 4.79 Å². The summed E-state index contributed by atoms with van der Waals surface area (Å²) >= 11 is 0. The van der Waals surface area contributed by atoms with Crippen molar-refractivity contribution in [2.24, 2.45) is 5.73 Å². The molecule has 1 rings (SSSR count). The maximum Gasteiger partial charge on any atom is 0.316 e. The van der Waals surface area contributed by atoms with E-state index in [1.807, 2.05) is 13.8 Å². The summed E-state index contributed by atoms with van der Waals surface area (Å²) in [5, 5.41) is 11.2. The number of nitrogens with zero attached hydrogens (tertiary/aromatic N) is 1. The summed E-state index contributed by atoms with van der Waals surface area (Å²) in [6.45, 7) is 3.67. The average Bonchev–Trinajstić information content (AvgIpc) is 2.13. The SMILES string of the molecule is Cc1c(C#N)ccc(NC(N)=O)c1C. The van der Waals surface area contributed by atoms with E-state index in [4.69, 9.17) is 11.0 Å². The average molecular weight is 189 g/mol. The number of urea groups is 1. The van der Waals surface area contributed by atoms with Crippen molar-refractivity contribution in [3.8, 4) is 6.07 Å². The van der Waals surface area contributed by atoms with Crippen LogP contribution in [-0.2, 0) is 0 Å². The molecule has 4 heteroatoms. The molecule has 0 unspecified atom stereocenters. The van der Waals surface area contributed by atoms with Gasteiger partial charge < -0.3 is 11.1 Å². The lowest BCUT2D eigenvalue weighted by Crippen LogP contribution is -2.20. The van der Waals surface area contributed by atoms with Gasteiger partial charge in [0.05, 0.1) is 11.6 Å². The summed E-state index contributed by atoms with van der Waals surface area (Å²) in [5.41, 5.74) is 7.98. The zero-order valence-electron chi connectivity index (χ0n) is 8.09. The van der Waals surface area contributed by atoms with Gasteiger partial charge in [0.25, 0.3) is 0 Å². The van der Waals surface area contributed by atoms with Crippen molar-refractivity contribution in [1.29, 1.82) is 5.26 Å². The summed E-state index contributed by atoms with van der Waals surface area (Å²) in [6, 6.07) is 4.81. The number of hydrogen-bond donors (Lipinski definition) is 2. The number of benzene rings is 1. The van der Waals surface area contributed by atoms with Crippen LogP contribution >= 0.6 is 0 Å². The molecule has 0 heterocycles. The summed E-state index contributed by atoms with van der Waals surface area (Å²) in [5.74, 6) is 0. The summed E-state index contributed by atoms with van der Waals surface area (Å²) in [6.07, 6.45) is 0. The molecule has 0 aliphatic carbocycles. The lowest BCUT2D eigenvalue weighted by molar-refractivity contribution is 0.259. The van der Waals surface area contributed by atoms with E-state index >= 15 is 0 Å². The fraction of sp³-hybridized carbons (Fsp3) is 0.200. The van der Waals surface area contributed by atoms with E-state index in [1.165, 1.54) is 0 Å². The molecule has 0 saturated heterocycles. The number of nitrogens with one attached hydrogen (secondary N) is 1. The number of carbonyl (C=O) groups excluding carboxylic acids is 1. The van der Waals surface area contributed by atoms with Crippen LogP contribution in [0.2, 0.25) is 0 Å². The highest BCUT2D eigenvalue weighted by atomic mass is 16.2. The first-order valence-corrected chi connectivity index (χ1v) is 4.13. The van der Waals surface area contributed by atoms with E-state index in [0.717, 1.165) is 11.1 Å². The lowest BCUT2D eigenvalue weighted by Gasteiger charge is -2.09. The number of rotatable bonds is 1. The molecule has 4 nitrogen and oxygen atoms in total. The van der Waals surface area contributed by atoms with Crippen molar-refractivity contribution in [3.63, 3.8) is 0 Å². The highest BCUT2D eigenvalue weighted by Gasteiger charge is 2.06. The molecular weight excluding hydrogens is 178 g/mol. The van der Waals surface area contributed by atoms with Gasteiger partial charge in [-0.15, -0.1) is 0 Å². The van der Waals surface area contributed by atoms with Gasteiger partial charge >= 0.3 is 6.03 Å². The molecule has 0 aliphatic heterocycles. The first-order valence-electron chi connectivity index (χ1n) is 4.13. The Morgan fingerprint density at radius 2 is 2.07 bits per heavy atom. The molecule has 0 atom stereocenters. The number of carbonyl (C=O) groups is 1. The molecule has 3 N–H and O–H groups in total. The second kappa shape index (κ2) is 3.79. The van der Waals surface area contributed by atoms with Crippen molar-refractivity contribution in [1.82, 2.24) is 0 Å². The first kappa shape index (κ1) is 10.1. The van der Waals surface area contributed by atoms with Gasteiger partial charge in [-0.05, 0) is 37.1 Å². The summed E-state index contributed by atoms with van der Waals surface area (Å²) < 4.78 is 0. The van der Waals surface area contributed by atoms with E-state index in [2.05, 4.69) is 11.4 Å². The third kappa shape index (κ3) is 1.83. The second-order valence-corrected chi connectivity index (χ2v) is 3.01. The maximum absolute atomic E-state index is 10.6. The van der Waals surface area contributed by atoms with E-state index < -0.39 is 6.03 Å². The Kier molecular flexibility index (Phi) is 2.73. The van der Waals surface area contributed by atoms with Crippen molar-refractivity contribution in [2.75, 3.05) is 5.32 Å². The number of hydrogen-bond acceptors (Lipinski definition) is 2. The van der Waals surface area contributed by atoms with Gasteiger partial charge in [0.1, 0.15) is 0 Å². The van der Waals surface area contributed by atoms with Crippen molar-refractivity contribution < 1.29 is 4.79 Å². The molecule has 0 saturated carbocycles. The minimum absolute atomic E-state index is 0.600. The van der Waals surface area contributed by atoms with Crippen molar-refractivity contribution >= 4 is 11.7 Å². The lowest BCUT2D eigenvalue weighted by atomic mass is 10.0. The quantitative estimate of drug-likeness (QED) is 0.704. The minimum atomic E-state index is -0.600. The molecule has 1 aromatic carbocycles. The Morgan fingerprint density at radius 3 is 2.57 bits per heavy atom. The molecule has 72 valence electrons. The van der Waals surface area contributed by atoms with Crippen LogP contribution in [0.1, 0.15) is 16.7 Å². The van der Waals surface area contributed by atoms with Crippen molar-refractivity contribution in [2.45, 2.75) is 13.8 Å². The molecule has 0 spiro atoms. The number of anilines is 1. The van der Waals surface area contributed by atoms with Crippen LogP contribution in [0.3, 0.4) is 0 Å². The molecular formula is C10H11N3O. The molecule has 0 fully saturated rings.